The number of aromatic nitrogens is 2. The summed E-state index contributed by atoms with van der Waals surface area (Å²) in [5.74, 6) is 2.07. The van der Waals surface area contributed by atoms with Crippen LogP contribution in [0.15, 0.2) is 146 Å². The van der Waals surface area contributed by atoms with Gasteiger partial charge in [0, 0.05) is 61.3 Å². The molecule has 0 bridgehead atoms. The monoisotopic (exact) mass is 952 g/mol. The van der Waals surface area contributed by atoms with E-state index in [2.05, 4.69) is 216 Å². The third-order valence-electron chi connectivity index (χ3n) is 11.5. The van der Waals surface area contributed by atoms with E-state index in [1.807, 2.05) is 18.3 Å². The summed E-state index contributed by atoms with van der Waals surface area (Å²) in [6.45, 7) is 20.2. The number of hydrogen-bond donors (Lipinski definition) is 0. The Balaban J connectivity index is 0.00000484. The Bertz CT molecular complexity index is 2810. The van der Waals surface area contributed by atoms with Gasteiger partial charge in [-0.3, -0.25) is 0 Å². The van der Waals surface area contributed by atoms with Gasteiger partial charge in [-0.15, -0.1) is 48.3 Å². The van der Waals surface area contributed by atoms with Crippen LogP contribution in [-0.4, -0.2) is 9.55 Å². The van der Waals surface area contributed by atoms with Crippen LogP contribution in [0.2, 0.25) is 0 Å². The molecule has 300 valence electrons. The third-order valence-corrected chi connectivity index (χ3v) is 11.5. The van der Waals surface area contributed by atoms with Crippen molar-refractivity contribution in [1.29, 1.82) is 0 Å². The van der Waals surface area contributed by atoms with Crippen molar-refractivity contribution < 1.29 is 25.8 Å². The van der Waals surface area contributed by atoms with Crippen molar-refractivity contribution in [3.05, 3.63) is 187 Å². The molecule has 0 saturated heterocycles. The molecule has 0 N–H and O–H groups in total. The van der Waals surface area contributed by atoms with Crippen molar-refractivity contribution >= 4 is 44.6 Å². The predicted octanol–water partition coefficient (Wildman–Crippen LogP) is 13.9. The molecule has 5 nitrogen and oxygen atoms in total. The Morgan fingerprint density at radius 3 is 1.97 bits per heavy atom. The van der Waals surface area contributed by atoms with Crippen molar-refractivity contribution in [2.45, 2.75) is 71.6 Å². The fraction of sp³-hybridized carbons (Fsp3) is 0.208. The molecule has 0 saturated carbocycles. The van der Waals surface area contributed by atoms with Crippen LogP contribution >= 0.6 is 0 Å². The van der Waals surface area contributed by atoms with Crippen LogP contribution in [0.3, 0.4) is 0 Å². The normalized spacial score (nSPS) is 13.2. The SMILES string of the molecule is CC(C)(C)c1cccc(N2[CH-]N(c3[c-]c(Oc4[c-]c5c(c(C(C)(C)c6ccccc6)c4)c4ccccc4n5-c4cc(C(C)(C)C)ccn4)ccc3)c3ccccc32)c1.[Pt]. The summed E-state index contributed by atoms with van der Waals surface area (Å²) in [6, 6.07) is 56.6. The zero-order valence-electron chi connectivity index (χ0n) is 34.9. The maximum absolute atomic E-state index is 6.88. The zero-order chi connectivity index (χ0) is 40.4. The van der Waals surface area contributed by atoms with Crippen LogP contribution in [0.1, 0.15) is 77.6 Å². The van der Waals surface area contributed by atoms with Gasteiger partial charge < -0.3 is 19.1 Å². The molecule has 1 aliphatic heterocycles. The second kappa shape index (κ2) is 15.2. The summed E-state index contributed by atoms with van der Waals surface area (Å²) in [5.41, 5.74) is 10.6. The first-order chi connectivity index (χ1) is 27.8. The molecule has 0 spiro atoms. The topological polar surface area (TPSA) is 33.5 Å². The van der Waals surface area contributed by atoms with Gasteiger partial charge in [-0.1, -0.05) is 139 Å². The van der Waals surface area contributed by atoms with Crippen LogP contribution < -0.4 is 14.5 Å². The van der Waals surface area contributed by atoms with E-state index in [4.69, 9.17) is 9.72 Å². The van der Waals surface area contributed by atoms with E-state index in [9.17, 15) is 0 Å². The van der Waals surface area contributed by atoms with Crippen LogP contribution in [0.5, 0.6) is 11.5 Å². The van der Waals surface area contributed by atoms with E-state index < -0.39 is 0 Å². The quantitative estimate of drug-likeness (QED) is 0.149. The van der Waals surface area contributed by atoms with E-state index in [1.165, 1.54) is 16.7 Å². The largest absolute Gasteiger partial charge is 0.509 e. The molecule has 1 aliphatic rings. The van der Waals surface area contributed by atoms with Gasteiger partial charge in [-0.2, -0.15) is 6.07 Å². The minimum absolute atomic E-state index is 0. The molecule has 8 aromatic rings. The molecule has 0 fully saturated rings. The van der Waals surface area contributed by atoms with Gasteiger partial charge in [0.25, 0.3) is 0 Å². The number of nitrogens with zero attached hydrogens (tertiary/aromatic N) is 4. The molecule has 6 heteroatoms. The molecule has 0 radical (unpaired) electrons. The average Bonchev–Trinajstić information content (AvgIpc) is 3.77. The first kappa shape index (κ1) is 40.2. The summed E-state index contributed by atoms with van der Waals surface area (Å²) in [7, 11) is 0. The molecule has 0 amide bonds. The summed E-state index contributed by atoms with van der Waals surface area (Å²) in [4.78, 5) is 9.41. The van der Waals surface area contributed by atoms with E-state index >= 15 is 0 Å². The van der Waals surface area contributed by atoms with Crippen molar-refractivity contribution in [3.8, 4) is 17.3 Å². The molecule has 3 heterocycles. The summed E-state index contributed by atoms with van der Waals surface area (Å²) >= 11 is 0. The van der Waals surface area contributed by atoms with Crippen LogP contribution in [0, 0.1) is 18.8 Å². The summed E-state index contributed by atoms with van der Waals surface area (Å²) in [5, 5.41) is 2.29. The average molecular weight is 953 g/mol. The Labute approximate surface area is 363 Å². The first-order valence-corrected chi connectivity index (χ1v) is 20.1. The minimum Gasteiger partial charge on any atom is -0.509 e. The molecule has 0 atom stereocenters. The number of hydrogen-bond acceptors (Lipinski definition) is 4. The minimum atomic E-state index is -0.379. The molecule has 9 rings (SSSR count). The Morgan fingerprint density at radius 1 is 0.576 bits per heavy atom. The van der Waals surface area contributed by atoms with E-state index in [0.29, 0.717) is 11.5 Å². The van der Waals surface area contributed by atoms with Crippen molar-refractivity contribution in [3.63, 3.8) is 0 Å². The molecule has 0 aliphatic carbocycles. The predicted molar refractivity (Wildman–Crippen MR) is 240 cm³/mol. The smallest absolute Gasteiger partial charge is 0.135 e. The number of fused-ring (bicyclic) bond motifs is 4. The number of anilines is 4. The summed E-state index contributed by atoms with van der Waals surface area (Å²) < 4.78 is 9.12. The van der Waals surface area contributed by atoms with Gasteiger partial charge in [0.05, 0.1) is 0 Å². The standard InChI is InChI=1S/C53H49N4O.Pt/c1-51(2,3)37-20-16-21-39(30-37)55-35-56(47-27-15-14-26-46(47)55)40-22-17-23-41(32-40)58-42-33-44(53(7,8)36-18-10-9-11-19-36)50-43-24-12-13-25-45(43)57(48(50)34-42)49-31-38(28-29-54-49)52(4,5)6;/h9-31,33,35H,1-8H3;/q-3;. The van der Waals surface area contributed by atoms with Crippen LogP contribution in [-0.2, 0) is 37.3 Å². The molecule has 59 heavy (non-hydrogen) atoms. The van der Waals surface area contributed by atoms with Gasteiger partial charge in [0.2, 0.25) is 0 Å². The van der Waals surface area contributed by atoms with Gasteiger partial charge in [0.1, 0.15) is 5.82 Å². The van der Waals surface area contributed by atoms with Crippen LogP contribution in [0.4, 0.5) is 22.7 Å². The number of pyridine rings is 1. The van der Waals surface area contributed by atoms with Crippen molar-refractivity contribution in [2.75, 3.05) is 9.80 Å². The Kier molecular flexibility index (Phi) is 10.3. The van der Waals surface area contributed by atoms with Gasteiger partial charge in [-0.05, 0) is 80.8 Å². The fourth-order valence-electron chi connectivity index (χ4n) is 8.18. The second-order valence-corrected chi connectivity index (χ2v) is 17.9. The molecular weight excluding hydrogens is 904 g/mol. The molecule has 2 aromatic heterocycles. The molecular formula is C53H49N4OPt-3. The number of benzene rings is 6. The van der Waals surface area contributed by atoms with E-state index in [-0.39, 0.29) is 37.3 Å². The maximum Gasteiger partial charge on any atom is 0.135 e. The maximum atomic E-state index is 6.88. The van der Waals surface area contributed by atoms with Crippen molar-refractivity contribution in [1.82, 2.24) is 9.55 Å². The van der Waals surface area contributed by atoms with Gasteiger partial charge >= 0.3 is 0 Å². The Hall–Kier alpha value is -5.64. The molecule has 6 aromatic carbocycles. The van der Waals surface area contributed by atoms with Crippen molar-refractivity contribution in [2.24, 2.45) is 0 Å². The third kappa shape index (κ3) is 7.36. The number of ether oxygens (including phenoxy) is 1. The summed E-state index contributed by atoms with van der Waals surface area (Å²) in [6.07, 6.45) is 1.92. The molecule has 0 unspecified atom stereocenters. The van der Waals surface area contributed by atoms with Crippen LogP contribution in [0.25, 0.3) is 27.6 Å². The van der Waals surface area contributed by atoms with Gasteiger partial charge in [-0.25, -0.2) is 4.98 Å². The van der Waals surface area contributed by atoms with Gasteiger partial charge in [0.15, 0.2) is 0 Å². The fourth-order valence-corrected chi connectivity index (χ4v) is 8.18. The van der Waals surface area contributed by atoms with E-state index in [1.54, 1.807) is 0 Å². The van der Waals surface area contributed by atoms with E-state index in [0.717, 1.165) is 55.9 Å². The second-order valence-electron chi connectivity index (χ2n) is 17.9. The number of rotatable bonds is 7. The first-order valence-electron chi connectivity index (χ1n) is 20.1. The zero-order valence-corrected chi connectivity index (χ0v) is 37.2. The Morgan fingerprint density at radius 2 is 1.22 bits per heavy atom. The number of para-hydroxylation sites is 3.